The minimum Gasteiger partial charge on any atom is -0.497 e. The van der Waals surface area contributed by atoms with Gasteiger partial charge in [-0.15, -0.1) is 0 Å². The maximum absolute atomic E-state index is 12.2. The van der Waals surface area contributed by atoms with Crippen molar-refractivity contribution >= 4 is 43.2 Å². The highest BCUT2D eigenvalue weighted by Gasteiger charge is 2.21. The molecule has 0 fully saturated rings. The Labute approximate surface area is 149 Å². The summed E-state index contributed by atoms with van der Waals surface area (Å²) in [5, 5.41) is 2.68. The molecule has 0 heterocycles. The second-order valence-electron chi connectivity index (χ2n) is 5.03. The van der Waals surface area contributed by atoms with Crippen molar-refractivity contribution < 1.29 is 17.9 Å². The fourth-order valence-corrected chi connectivity index (χ4v) is 3.31. The van der Waals surface area contributed by atoms with Crippen LogP contribution in [0.5, 0.6) is 5.75 Å². The van der Waals surface area contributed by atoms with Gasteiger partial charge in [-0.05, 0) is 30.3 Å². The van der Waals surface area contributed by atoms with Crippen molar-refractivity contribution in [1.82, 2.24) is 0 Å². The third-order valence-electron chi connectivity index (χ3n) is 3.14. The first-order valence-electron chi connectivity index (χ1n) is 6.97. The summed E-state index contributed by atoms with van der Waals surface area (Å²) in [6.45, 7) is -0.335. The molecule has 0 aliphatic heterocycles. The lowest BCUT2D eigenvalue weighted by atomic mass is 10.3. The van der Waals surface area contributed by atoms with Gasteiger partial charge in [0, 0.05) is 16.2 Å². The van der Waals surface area contributed by atoms with Crippen LogP contribution in [-0.4, -0.2) is 34.2 Å². The molecule has 0 aromatic heterocycles. The average Bonchev–Trinajstić information content (AvgIpc) is 2.51. The largest absolute Gasteiger partial charge is 0.497 e. The summed E-state index contributed by atoms with van der Waals surface area (Å²) in [5.74, 6) is 0.0647. The summed E-state index contributed by atoms with van der Waals surface area (Å²) in [5.41, 5.74) is 0.940. The number of hydrogen-bond donors (Lipinski definition) is 1. The van der Waals surface area contributed by atoms with Gasteiger partial charge >= 0.3 is 0 Å². The number of amides is 1. The Morgan fingerprint density at radius 1 is 1.21 bits per heavy atom. The lowest BCUT2D eigenvalue weighted by Crippen LogP contribution is -2.37. The first kappa shape index (κ1) is 18.3. The molecule has 8 heteroatoms. The number of rotatable bonds is 6. The molecule has 2 aromatic rings. The fourth-order valence-electron chi connectivity index (χ4n) is 2.06. The van der Waals surface area contributed by atoms with Gasteiger partial charge in [0.05, 0.1) is 19.1 Å². The Morgan fingerprint density at radius 2 is 1.92 bits per heavy atom. The first-order chi connectivity index (χ1) is 11.3. The number of anilines is 2. The predicted molar refractivity (Wildman–Crippen MR) is 98.0 cm³/mol. The topological polar surface area (TPSA) is 75.7 Å². The molecule has 2 rings (SSSR count). The Hall–Kier alpha value is -2.06. The highest BCUT2D eigenvalue weighted by Crippen LogP contribution is 2.23. The fraction of sp³-hybridized carbons (Fsp3) is 0.188. The van der Waals surface area contributed by atoms with Gasteiger partial charge in [0.15, 0.2) is 0 Å². The summed E-state index contributed by atoms with van der Waals surface area (Å²) in [6, 6.07) is 13.6. The summed E-state index contributed by atoms with van der Waals surface area (Å²) < 4.78 is 31.1. The third-order valence-corrected chi connectivity index (χ3v) is 4.77. The zero-order valence-corrected chi connectivity index (χ0v) is 15.6. The molecule has 24 heavy (non-hydrogen) atoms. The van der Waals surface area contributed by atoms with E-state index in [9.17, 15) is 13.2 Å². The van der Waals surface area contributed by atoms with Gasteiger partial charge < -0.3 is 10.1 Å². The number of carbonyl (C=O) groups is 1. The zero-order chi connectivity index (χ0) is 17.7. The molecule has 128 valence electrons. The summed E-state index contributed by atoms with van der Waals surface area (Å²) in [4.78, 5) is 12.2. The Balaban J connectivity index is 2.21. The second-order valence-corrected chi connectivity index (χ2v) is 7.85. The molecule has 1 amide bonds. The number of methoxy groups -OCH3 is 1. The van der Waals surface area contributed by atoms with Crippen molar-refractivity contribution in [1.29, 1.82) is 0 Å². The monoisotopic (exact) mass is 412 g/mol. The average molecular weight is 413 g/mol. The van der Waals surface area contributed by atoms with E-state index in [1.807, 2.05) is 6.07 Å². The molecule has 0 unspecified atom stereocenters. The molecule has 1 N–H and O–H groups in total. The van der Waals surface area contributed by atoms with Crippen LogP contribution in [-0.2, 0) is 14.8 Å². The van der Waals surface area contributed by atoms with E-state index in [1.54, 1.807) is 42.5 Å². The predicted octanol–water partition coefficient (Wildman–Crippen LogP) is 2.86. The van der Waals surface area contributed by atoms with E-state index in [1.165, 1.54) is 7.11 Å². The van der Waals surface area contributed by atoms with Gasteiger partial charge in [-0.2, -0.15) is 0 Å². The van der Waals surface area contributed by atoms with Crippen LogP contribution in [0.1, 0.15) is 0 Å². The molecular formula is C16H17BrN2O4S. The molecule has 0 aliphatic rings. The number of nitrogens with zero attached hydrogens (tertiary/aromatic N) is 1. The smallest absolute Gasteiger partial charge is 0.245 e. The number of halogens is 1. The molecule has 6 nitrogen and oxygen atoms in total. The van der Waals surface area contributed by atoms with Crippen LogP contribution >= 0.6 is 15.9 Å². The van der Waals surface area contributed by atoms with E-state index in [0.29, 0.717) is 17.1 Å². The van der Waals surface area contributed by atoms with Gasteiger partial charge in [-0.1, -0.05) is 28.1 Å². The molecular weight excluding hydrogens is 396 g/mol. The van der Waals surface area contributed by atoms with Gasteiger partial charge in [0.2, 0.25) is 15.9 Å². The quantitative estimate of drug-likeness (QED) is 0.791. The van der Waals surface area contributed by atoms with Gasteiger partial charge in [0.25, 0.3) is 0 Å². The lowest BCUT2D eigenvalue weighted by molar-refractivity contribution is -0.114. The number of sulfonamides is 1. The highest BCUT2D eigenvalue weighted by atomic mass is 79.9. The lowest BCUT2D eigenvalue weighted by Gasteiger charge is -2.22. The van der Waals surface area contributed by atoms with Gasteiger partial charge in [-0.25, -0.2) is 8.42 Å². The van der Waals surface area contributed by atoms with E-state index in [-0.39, 0.29) is 6.54 Å². The minimum atomic E-state index is -3.63. The third kappa shape index (κ3) is 4.97. The Morgan fingerprint density at radius 3 is 2.54 bits per heavy atom. The molecule has 0 spiro atoms. The van der Waals surface area contributed by atoms with Crippen LogP contribution in [0, 0.1) is 0 Å². The van der Waals surface area contributed by atoms with Crippen molar-refractivity contribution in [2.75, 3.05) is 29.5 Å². The first-order valence-corrected chi connectivity index (χ1v) is 9.61. The number of nitrogens with one attached hydrogen (secondary N) is 1. The van der Waals surface area contributed by atoms with Crippen molar-refractivity contribution in [3.8, 4) is 5.75 Å². The van der Waals surface area contributed by atoms with E-state index < -0.39 is 15.9 Å². The van der Waals surface area contributed by atoms with E-state index >= 15 is 0 Å². The van der Waals surface area contributed by atoms with Crippen molar-refractivity contribution in [3.63, 3.8) is 0 Å². The highest BCUT2D eigenvalue weighted by molar-refractivity contribution is 9.10. The van der Waals surface area contributed by atoms with Crippen LogP contribution in [0.25, 0.3) is 0 Å². The van der Waals surface area contributed by atoms with Crippen LogP contribution in [0.3, 0.4) is 0 Å². The molecule has 0 radical (unpaired) electrons. The van der Waals surface area contributed by atoms with Gasteiger partial charge in [-0.3, -0.25) is 9.10 Å². The maximum Gasteiger partial charge on any atom is 0.245 e. The second kappa shape index (κ2) is 7.67. The SMILES string of the molecule is COc1cccc(N(CC(=O)Nc2cccc(Br)c2)S(C)(=O)=O)c1. The molecule has 0 bridgehead atoms. The van der Waals surface area contributed by atoms with E-state index in [2.05, 4.69) is 21.2 Å². The molecule has 0 saturated carbocycles. The number of benzene rings is 2. The zero-order valence-electron chi connectivity index (χ0n) is 13.2. The molecule has 0 atom stereocenters. The number of ether oxygens (including phenoxy) is 1. The molecule has 2 aromatic carbocycles. The summed E-state index contributed by atoms with van der Waals surface area (Å²) in [6.07, 6.45) is 1.05. The van der Waals surface area contributed by atoms with E-state index in [0.717, 1.165) is 15.0 Å². The number of hydrogen-bond acceptors (Lipinski definition) is 4. The minimum absolute atomic E-state index is 0.335. The normalized spacial score (nSPS) is 11.0. The van der Waals surface area contributed by atoms with Crippen LogP contribution in [0.4, 0.5) is 11.4 Å². The molecule has 0 saturated heterocycles. The van der Waals surface area contributed by atoms with Crippen molar-refractivity contribution in [2.24, 2.45) is 0 Å². The maximum atomic E-state index is 12.2. The summed E-state index contributed by atoms with van der Waals surface area (Å²) >= 11 is 3.32. The Kier molecular flexibility index (Phi) is 5.84. The number of carbonyl (C=O) groups excluding carboxylic acids is 1. The Bertz CT molecular complexity index is 839. The van der Waals surface area contributed by atoms with Crippen LogP contribution < -0.4 is 14.4 Å². The molecule has 0 aliphatic carbocycles. The van der Waals surface area contributed by atoms with Crippen LogP contribution in [0.15, 0.2) is 53.0 Å². The summed E-state index contributed by atoms with van der Waals surface area (Å²) in [7, 11) is -2.14. The van der Waals surface area contributed by atoms with Crippen molar-refractivity contribution in [2.45, 2.75) is 0 Å². The van der Waals surface area contributed by atoms with Crippen molar-refractivity contribution in [3.05, 3.63) is 53.0 Å². The van der Waals surface area contributed by atoms with Crippen LogP contribution in [0.2, 0.25) is 0 Å². The van der Waals surface area contributed by atoms with E-state index in [4.69, 9.17) is 4.74 Å². The van der Waals surface area contributed by atoms with Gasteiger partial charge in [0.1, 0.15) is 12.3 Å². The standard InChI is InChI=1S/C16H17BrN2O4S/c1-23-15-8-4-7-14(10-15)19(24(2,21)22)11-16(20)18-13-6-3-5-12(17)9-13/h3-10H,11H2,1-2H3,(H,18,20).